The quantitative estimate of drug-likeness (QED) is 0.517. The number of rotatable bonds is 7. The molecule has 154 valence electrons. The number of hydrogen-bond acceptors (Lipinski definition) is 5. The number of benzene rings is 2. The van der Waals surface area contributed by atoms with Crippen molar-refractivity contribution >= 4 is 17.7 Å². The van der Waals surface area contributed by atoms with Crippen LogP contribution in [0, 0.1) is 11.8 Å². The Bertz CT molecular complexity index is 935. The van der Waals surface area contributed by atoms with E-state index in [1.54, 1.807) is 30.3 Å². The summed E-state index contributed by atoms with van der Waals surface area (Å²) >= 11 is 0. The van der Waals surface area contributed by atoms with Crippen LogP contribution in [0.3, 0.4) is 0 Å². The highest BCUT2D eigenvalue weighted by Crippen LogP contribution is 2.43. The first-order chi connectivity index (χ1) is 14.6. The minimum Gasteiger partial charge on any atom is -0.462 e. The smallest absolute Gasteiger partial charge is 0.338 e. The highest BCUT2D eigenvalue weighted by Gasteiger charge is 2.50. The summed E-state index contributed by atoms with van der Waals surface area (Å²) in [6.07, 6.45) is 4.53. The zero-order valence-corrected chi connectivity index (χ0v) is 16.6. The summed E-state index contributed by atoms with van der Waals surface area (Å²) in [4.78, 5) is 36.6. The third kappa shape index (κ3) is 4.67. The van der Waals surface area contributed by atoms with E-state index in [0.29, 0.717) is 24.8 Å². The summed E-state index contributed by atoms with van der Waals surface area (Å²) in [5.41, 5.74) is 1.60. The highest BCUT2D eigenvalue weighted by atomic mass is 16.6. The molecule has 2 aliphatic rings. The molecular weight excluding hydrogens is 380 g/mol. The second kappa shape index (κ2) is 9.08. The first-order valence-electron chi connectivity index (χ1n) is 10.3. The summed E-state index contributed by atoms with van der Waals surface area (Å²) in [7, 11) is 0. The highest BCUT2D eigenvalue weighted by molar-refractivity contribution is 5.90. The van der Waals surface area contributed by atoms with Gasteiger partial charge in [0.15, 0.2) is 5.78 Å². The predicted octanol–water partition coefficient (Wildman–Crippen LogP) is 3.92. The standard InChI is InChI=1S/C25H24O5/c26-19(12-11-17-7-3-1-4-8-17)13-14-20-21-15-24(27)29-23(21)16-22(20)30-25(28)18-9-5-2-6-10-18/h1-10,13-14,20-23H,11-12,15-16H2/b14-13-. The van der Waals surface area contributed by atoms with Crippen molar-refractivity contribution < 1.29 is 23.9 Å². The van der Waals surface area contributed by atoms with Gasteiger partial charge in [-0.1, -0.05) is 54.6 Å². The van der Waals surface area contributed by atoms with Gasteiger partial charge in [0.2, 0.25) is 0 Å². The third-order valence-corrected chi connectivity index (χ3v) is 5.83. The molecule has 1 heterocycles. The number of carbonyl (C=O) groups is 3. The average Bonchev–Trinajstić information content (AvgIpc) is 3.27. The molecule has 0 spiro atoms. The first-order valence-corrected chi connectivity index (χ1v) is 10.3. The molecule has 0 amide bonds. The van der Waals surface area contributed by atoms with Gasteiger partial charge in [0.1, 0.15) is 12.2 Å². The monoisotopic (exact) mass is 404 g/mol. The summed E-state index contributed by atoms with van der Waals surface area (Å²) in [6.45, 7) is 0. The molecule has 5 nitrogen and oxygen atoms in total. The van der Waals surface area contributed by atoms with Crippen molar-refractivity contribution in [2.45, 2.75) is 37.9 Å². The Kier molecular flexibility index (Phi) is 6.07. The Morgan fingerprint density at radius 1 is 1.03 bits per heavy atom. The number of esters is 2. The zero-order chi connectivity index (χ0) is 20.9. The number of fused-ring (bicyclic) bond motifs is 1. The fraction of sp³-hybridized carbons (Fsp3) is 0.320. The molecule has 1 aliphatic carbocycles. The molecular formula is C25H24O5. The van der Waals surface area contributed by atoms with Gasteiger partial charge in [-0.2, -0.15) is 0 Å². The summed E-state index contributed by atoms with van der Waals surface area (Å²) < 4.78 is 11.1. The van der Waals surface area contributed by atoms with Crippen molar-refractivity contribution in [2.24, 2.45) is 11.8 Å². The van der Waals surface area contributed by atoms with Crippen LogP contribution in [0.15, 0.2) is 72.8 Å². The maximum Gasteiger partial charge on any atom is 0.338 e. The van der Waals surface area contributed by atoms with Crippen molar-refractivity contribution in [3.8, 4) is 0 Å². The first kappa shape index (κ1) is 20.1. The van der Waals surface area contributed by atoms with Crippen LogP contribution in [0.5, 0.6) is 0 Å². The van der Waals surface area contributed by atoms with Crippen LogP contribution in [0.4, 0.5) is 0 Å². The molecule has 4 atom stereocenters. The number of carbonyl (C=O) groups excluding carboxylic acids is 3. The predicted molar refractivity (Wildman–Crippen MR) is 111 cm³/mol. The molecule has 0 radical (unpaired) electrons. The van der Waals surface area contributed by atoms with Crippen LogP contribution in [0.1, 0.15) is 35.2 Å². The van der Waals surface area contributed by atoms with E-state index >= 15 is 0 Å². The van der Waals surface area contributed by atoms with Gasteiger partial charge in [0.25, 0.3) is 0 Å². The van der Waals surface area contributed by atoms with Crippen LogP contribution in [0.25, 0.3) is 0 Å². The van der Waals surface area contributed by atoms with Crippen LogP contribution >= 0.6 is 0 Å². The Labute approximate surface area is 175 Å². The van der Waals surface area contributed by atoms with Gasteiger partial charge >= 0.3 is 11.9 Å². The average molecular weight is 404 g/mol. The van der Waals surface area contributed by atoms with Gasteiger partial charge in [-0.3, -0.25) is 9.59 Å². The molecule has 30 heavy (non-hydrogen) atoms. The van der Waals surface area contributed by atoms with E-state index in [2.05, 4.69) is 0 Å². The van der Waals surface area contributed by atoms with Gasteiger partial charge in [-0.25, -0.2) is 4.79 Å². The lowest BCUT2D eigenvalue weighted by Crippen LogP contribution is -2.25. The fourth-order valence-corrected chi connectivity index (χ4v) is 4.28. The van der Waals surface area contributed by atoms with Crippen molar-refractivity contribution in [3.63, 3.8) is 0 Å². The lowest BCUT2D eigenvalue weighted by Gasteiger charge is -2.20. The molecule has 1 aliphatic heterocycles. The van der Waals surface area contributed by atoms with Gasteiger partial charge in [0, 0.05) is 24.7 Å². The Balaban J connectivity index is 1.42. The number of aryl methyl sites for hydroxylation is 1. The summed E-state index contributed by atoms with van der Waals surface area (Å²) in [5, 5.41) is 0. The van der Waals surface area contributed by atoms with Gasteiger partial charge in [-0.15, -0.1) is 0 Å². The number of hydrogen-bond donors (Lipinski definition) is 0. The van der Waals surface area contributed by atoms with E-state index in [4.69, 9.17) is 9.47 Å². The second-order valence-electron chi connectivity index (χ2n) is 7.83. The maximum atomic E-state index is 12.5. The second-order valence-corrected chi connectivity index (χ2v) is 7.83. The number of ketones is 1. The van der Waals surface area contributed by atoms with E-state index in [9.17, 15) is 14.4 Å². The molecule has 2 fully saturated rings. The van der Waals surface area contributed by atoms with Crippen molar-refractivity contribution in [3.05, 3.63) is 83.9 Å². The maximum absolute atomic E-state index is 12.5. The molecule has 5 heteroatoms. The van der Waals surface area contributed by atoms with Gasteiger partial charge in [-0.05, 0) is 30.2 Å². The summed E-state index contributed by atoms with van der Waals surface area (Å²) in [6, 6.07) is 18.7. The van der Waals surface area contributed by atoms with Gasteiger partial charge in [0.05, 0.1) is 12.0 Å². The summed E-state index contributed by atoms with van der Waals surface area (Å²) in [5.74, 6) is -0.896. The number of ether oxygens (including phenoxy) is 2. The van der Waals surface area contributed by atoms with Gasteiger partial charge < -0.3 is 9.47 Å². The molecule has 2 aromatic rings. The Hall–Kier alpha value is -3.21. The molecule has 1 saturated carbocycles. The van der Waals surface area contributed by atoms with Crippen LogP contribution in [-0.2, 0) is 25.5 Å². The van der Waals surface area contributed by atoms with Crippen LogP contribution < -0.4 is 0 Å². The molecule has 1 saturated heterocycles. The molecule has 4 unspecified atom stereocenters. The van der Waals surface area contributed by atoms with E-state index in [-0.39, 0.29) is 36.1 Å². The SMILES string of the molecule is O=C(/C=C\C1C(OC(=O)c2ccccc2)CC2OC(=O)CC21)CCc1ccccc1. The van der Waals surface area contributed by atoms with E-state index in [1.165, 1.54) is 0 Å². The lowest BCUT2D eigenvalue weighted by molar-refractivity contribution is -0.141. The van der Waals surface area contributed by atoms with Crippen molar-refractivity contribution in [1.82, 2.24) is 0 Å². The minimum atomic E-state index is -0.418. The van der Waals surface area contributed by atoms with Crippen molar-refractivity contribution in [2.75, 3.05) is 0 Å². The normalized spacial score (nSPS) is 25.1. The zero-order valence-electron chi connectivity index (χ0n) is 16.6. The van der Waals surface area contributed by atoms with Crippen LogP contribution in [-0.4, -0.2) is 29.9 Å². The molecule has 0 bridgehead atoms. The third-order valence-electron chi connectivity index (χ3n) is 5.83. The van der Waals surface area contributed by atoms with Crippen LogP contribution in [0.2, 0.25) is 0 Å². The topological polar surface area (TPSA) is 69.7 Å². The Morgan fingerprint density at radius 3 is 2.47 bits per heavy atom. The number of allylic oxidation sites excluding steroid dienone is 1. The Morgan fingerprint density at radius 2 is 1.73 bits per heavy atom. The largest absolute Gasteiger partial charge is 0.462 e. The molecule has 4 rings (SSSR count). The lowest BCUT2D eigenvalue weighted by atomic mass is 9.91. The van der Waals surface area contributed by atoms with E-state index in [0.717, 1.165) is 5.56 Å². The van der Waals surface area contributed by atoms with Crippen molar-refractivity contribution in [1.29, 1.82) is 0 Å². The molecule has 0 N–H and O–H groups in total. The van der Waals surface area contributed by atoms with E-state index in [1.807, 2.05) is 42.5 Å². The van der Waals surface area contributed by atoms with E-state index < -0.39 is 12.1 Å². The molecule has 0 aromatic heterocycles. The fourth-order valence-electron chi connectivity index (χ4n) is 4.28. The minimum absolute atomic E-state index is 0.0145. The molecule has 2 aromatic carbocycles.